The van der Waals surface area contributed by atoms with E-state index in [2.05, 4.69) is 0 Å². The number of rotatable bonds is 0. The largest absolute Gasteiger partial charge is 2.00 e. The molecule has 0 heterocycles. The Morgan fingerprint density at radius 3 is 0.533 bits per heavy atom. The molecule has 0 spiro atoms. The average molecular weight is 377 g/mol. The minimum atomic E-state index is -2.33. The minimum Gasteiger partial charge on any atom is -0.652 e. The van der Waals surface area contributed by atoms with Gasteiger partial charge in [-0.3, -0.25) is 0 Å². The molecule has 0 amide bonds. The third-order valence-corrected chi connectivity index (χ3v) is 0. The molecule has 0 saturated heterocycles. The second-order valence-electron chi connectivity index (χ2n) is 0.250. The first-order chi connectivity index (χ1) is 1.73. The van der Waals surface area contributed by atoms with Crippen LogP contribution in [0.2, 0.25) is 0 Å². The Kier molecular flexibility index (Phi) is 3990. The van der Waals surface area contributed by atoms with Crippen molar-refractivity contribution < 1.29 is 69.8 Å². The summed E-state index contributed by atoms with van der Waals surface area (Å²) in [5, 5.41) is 16.7. The third kappa shape index (κ3) is 11500. The van der Waals surface area contributed by atoms with Crippen molar-refractivity contribution in [2.75, 3.05) is 0 Å². The van der Waals surface area contributed by atoms with Gasteiger partial charge in [0.25, 0.3) is 0 Å². The maximum absolute atomic E-state index is 8.33. The first-order valence-corrected chi connectivity index (χ1v) is 0.612. The van der Waals surface area contributed by atoms with Crippen molar-refractivity contribution in [1.82, 2.24) is 0 Å². The van der Waals surface area contributed by atoms with E-state index in [9.17, 15) is 0 Å². The van der Waals surface area contributed by atoms with Crippen molar-refractivity contribution >= 4 is 55.0 Å². The summed E-state index contributed by atoms with van der Waals surface area (Å²) >= 11 is 0. The van der Waals surface area contributed by atoms with Crippen LogP contribution in [0.15, 0.2) is 0 Å². The van der Waals surface area contributed by atoms with Crippen LogP contribution >= 0.6 is 0 Å². The molecule has 0 radical (unpaired) electrons. The van der Waals surface area contributed by atoms with E-state index in [0.717, 1.165) is 0 Å². The first kappa shape index (κ1) is 272. The molecule has 0 aromatic rings. The fraction of sp³-hybridized carbons (Fsp3) is 0. The number of carbonyl (C=O) groups is 1. The van der Waals surface area contributed by atoms with Crippen LogP contribution < -0.4 is 10.2 Å². The Morgan fingerprint density at radius 2 is 0.533 bits per heavy atom. The average Bonchev–Trinajstić information content (AvgIpc) is 0.811. The van der Waals surface area contributed by atoms with Gasteiger partial charge in [0, 0.05) is 0 Å². The first-order valence-electron chi connectivity index (χ1n) is 0.612. The van der Waals surface area contributed by atoms with E-state index in [1.165, 1.54) is 0 Å². The van der Waals surface area contributed by atoms with Crippen molar-refractivity contribution in [2.45, 2.75) is 0 Å². The smallest absolute Gasteiger partial charge is 0.652 e. The molecule has 0 fully saturated rings. The van der Waals surface area contributed by atoms with Gasteiger partial charge >= 0.3 is 48.9 Å². The summed E-state index contributed by atoms with van der Waals surface area (Å²) in [7, 11) is 0. The summed E-state index contributed by atoms with van der Waals surface area (Å²) in [5.74, 6) is 0. The molecule has 15 heavy (non-hydrogen) atoms. The molecule has 0 aliphatic carbocycles. The summed E-state index contributed by atoms with van der Waals surface area (Å²) in [4.78, 5) is 8.33. The second-order valence-corrected chi connectivity index (χ2v) is 0.250. The SMILES string of the molecule is O.O.O.O.O.O.O.O.O.O.O=C([O-])[O-].[Ba+2]. The molecule has 0 aliphatic heterocycles. The molecule has 0 saturated carbocycles. The van der Waals surface area contributed by atoms with Gasteiger partial charge in [0.15, 0.2) is 0 Å². The van der Waals surface area contributed by atoms with E-state index in [1.54, 1.807) is 0 Å². The molecule has 13 nitrogen and oxygen atoms in total. The van der Waals surface area contributed by atoms with Crippen molar-refractivity contribution in [1.29, 1.82) is 0 Å². The Morgan fingerprint density at radius 1 is 0.533 bits per heavy atom. The Labute approximate surface area is 124 Å². The van der Waals surface area contributed by atoms with Crippen molar-refractivity contribution in [3.8, 4) is 0 Å². The van der Waals surface area contributed by atoms with Crippen LogP contribution in [0.3, 0.4) is 0 Å². The van der Waals surface area contributed by atoms with Gasteiger partial charge in [-0.2, -0.15) is 0 Å². The molecular formula is CH20BaO13. The second kappa shape index (κ2) is 220. The summed E-state index contributed by atoms with van der Waals surface area (Å²) in [6.45, 7) is 0. The van der Waals surface area contributed by atoms with Gasteiger partial charge in [0.05, 0.1) is 0 Å². The maximum Gasteiger partial charge on any atom is 2.00 e. The Hall–Kier alpha value is 0.441. The van der Waals surface area contributed by atoms with Gasteiger partial charge in [-0.1, -0.05) is 0 Å². The van der Waals surface area contributed by atoms with E-state index in [-0.39, 0.29) is 104 Å². The molecule has 0 aromatic heterocycles. The van der Waals surface area contributed by atoms with Gasteiger partial charge < -0.3 is 69.8 Å². The molecule has 0 bridgehead atoms. The van der Waals surface area contributed by atoms with Crippen LogP contribution in [0.1, 0.15) is 0 Å². The van der Waals surface area contributed by atoms with Crippen LogP contribution in [-0.4, -0.2) is 110 Å². The van der Waals surface area contributed by atoms with Crippen LogP contribution in [0, 0.1) is 0 Å². The van der Waals surface area contributed by atoms with Gasteiger partial charge in [-0.15, -0.1) is 0 Å². The van der Waals surface area contributed by atoms with Crippen LogP contribution in [-0.2, 0) is 0 Å². The van der Waals surface area contributed by atoms with Crippen molar-refractivity contribution in [2.24, 2.45) is 0 Å². The van der Waals surface area contributed by atoms with Gasteiger partial charge in [-0.25, -0.2) is 0 Å². The van der Waals surface area contributed by atoms with Crippen LogP contribution in [0.5, 0.6) is 0 Å². The molecule has 104 valence electrons. The predicted molar refractivity (Wildman–Crippen MR) is 47.3 cm³/mol. The molecule has 14 heteroatoms. The van der Waals surface area contributed by atoms with E-state index in [4.69, 9.17) is 15.0 Å². The molecule has 20 N–H and O–H groups in total. The molecule has 0 rings (SSSR count). The summed E-state index contributed by atoms with van der Waals surface area (Å²) in [6, 6.07) is 0. The zero-order valence-electron chi connectivity index (χ0n) is 7.43. The Balaban J connectivity index is -0.000000000818. The zero-order chi connectivity index (χ0) is 3.58. The summed E-state index contributed by atoms with van der Waals surface area (Å²) in [5.41, 5.74) is 0. The predicted octanol–water partition coefficient (Wildman–Crippen LogP) is -11.1. The fourth-order valence-corrected chi connectivity index (χ4v) is 0. The van der Waals surface area contributed by atoms with Crippen molar-refractivity contribution in [3.05, 3.63) is 0 Å². The molecule has 0 aliphatic rings. The zero-order valence-corrected chi connectivity index (χ0v) is 11.9. The van der Waals surface area contributed by atoms with Gasteiger partial charge in [-0.05, 0) is 6.16 Å². The van der Waals surface area contributed by atoms with E-state index < -0.39 is 6.16 Å². The van der Waals surface area contributed by atoms with Gasteiger partial charge in [0.2, 0.25) is 0 Å². The topological polar surface area (TPSA) is 378 Å². The van der Waals surface area contributed by atoms with Gasteiger partial charge in [0.1, 0.15) is 0 Å². The maximum atomic E-state index is 8.33. The fourth-order valence-electron chi connectivity index (χ4n) is 0. The van der Waals surface area contributed by atoms with E-state index >= 15 is 0 Å². The van der Waals surface area contributed by atoms with Crippen molar-refractivity contribution in [3.63, 3.8) is 0 Å². The molecule has 0 aromatic carbocycles. The van der Waals surface area contributed by atoms with Crippen LogP contribution in [0.25, 0.3) is 0 Å². The number of carboxylic acid groups (broad SMARTS) is 2. The summed E-state index contributed by atoms with van der Waals surface area (Å²) in [6.07, 6.45) is -2.33. The number of carbonyl (C=O) groups excluding carboxylic acids is 1. The van der Waals surface area contributed by atoms with Crippen LogP contribution in [0.4, 0.5) is 4.79 Å². The number of hydrogen-bond acceptors (Lipinski definition) is 3. The molecule has 0 unspecified atom stereocenters. The quantitative estimate of drug-likeness (QED) is 0.371. The van der Waals surface area contributed by atoms with E-state index in [0.29, 0.717) is 0 Å². The third-order valence-electron chi connectivity index (χ3n) is 0. The standard InChI is InChI=1S/CH2O3.Ba.10H2O/c2-1(3)4;;;;;;;;;;;/h(H2,2,3,4);;10*1H2/q;+2;;;;;;;;;;/p-2. The minimum absolute atomic E-state index is 0. The summed E-state index contributed by atoms with van der Waals surface area (Å²) < 4.78 is 0. The molecule has 0 atom stereocenters. The number of hydrogen-bond donors (Lipinski definition) is 0. The Bertz CT molecular complexity index is 33.5. The molecular weight excluding hydrogens is 357 g/mol. The normalized spacial score (nSPS) is 1.60. The van der Waals surface area contributed by atoms with E-state index in [1.807, 2.05) is 0 Å². The monoisotopic (exact) mass is 378 g/mol.